The zero-order valence-electron chi connectivity index (χ0n) is 10.3. The molecule has 7 heteroatoms. The third kappa shape index (κ3) is 3.44. The van der Waals surface area contributed by atoms with Crippen LogP contribution in [0.25, 0.3) is 0 Å². The molecule has 19 heavy (non-hydrogen) atoms. The number of ether oxygens (including phenoxy) is 1. The summed E-state index contributed by atoms with van der Waals surface area (Å²) in [4.78, 5) is 0. The Labute approximate surface area is 112 Å². The highest BCUT2D eigenvalue weighted by Gasteiger charge is 2.29. The Morgan fingerprint density at radius 1 is 1.42 bits per heavy atom. The maximum Gasteiger partial charge on any atom is 0.218 e. The van der Waals surface area contributed by atoms with Gasteiger partial charge in [-0.25, -0.2) is 8.42 Å². The van der Waals surface area contributed by atoms with Crippen molar-refractivity contribution in [1.82, 2.24) is 4.31 Å². The van der Waals surface area contributed by atoms with Crippen molar-refractivity contribution in [2.45, 2.75) is 11.9 Å². The Bertz CT molecular complexity index is 577. The van der Waals surface area contributed by atoms with Crippen molar-refractivity contribution in [3.63, 3.8) is 0 Å². The van der Waals surface area contributed by atoms with E-state index < -0.39 is 16.1 Å². The number of sulfonamides is 1. The second kappa shape index (κ2) is 5.57. The van der Waals surface area contributed by atoms with E-state index in [-0.39, 0.29) is 25.4 Å². The molecule has 2 N–H and O–H groups in total. The molecule has 1 saturated heterocycles. The summed E-state index contributed by atoms with van der Waals surface area (Å²) in [7, 11) is -3.43. The van der Waals surface area contributed by atoms with Gasteiger partial charge < -0.3 is 10.5 Å². The Morgan fingerprint density at radius 2 is 2.11 bits per heavy atom. The summed E-state index contributed by atoms with van der Waals surface area (Å²) in [6.07, 6.45) is -0.685. The molecule has 1 fully saturated rings. The van der Waals surface area contributed by atoms with Crippen LogP contribution in [-0.2, 0) is 20.5 Å². The van der Waals surface area contributed by atoms with Crippen molar-refractivity contribution >= 4 is 15.7 Å². The molecule has 0 aliphatic carbocycles. The monoisotopic (exact) mass is 281 g/mol. The molecule has 2 rings (SSSR count). The van der Waals surface area contributed by atoms with Crippen molar-refractivity contribution in [2.24, 2.45) is 0 Å². The van der Waals surface area contributed by atoms with Gasteiger partial charge in [0.15, 0.2) is 6.10 Å². The third-order valence-electron chi connectivity index (χ3n) is 2.90. The van der Waals surface area contributed by atoms with Crippen molar-refractivity contribution in [3.8, 4) is 6.07 Å². The number of hydrogen-bond donors (Lipinski definition) is 1. The highest BCUT2D eigenvalue weighted by Crippen LogP contribution is 2.15. The van der Waals surface area contributed by atoms with Crippen molar-refractivity contribution < 1.29 is 13.2 Å². The van der Waals surface area contributed by atoms with Gasteiger partial charge in [-0.05, 0) is 17.7 Å². The van der Waals surface area contributed by atoms with E-state index in [4.69, 9.17) is 15.7 Å². The van der Waals surface area contributed by atoms with Crippen LogP contribution in [0.2, 0.25) is 0 Å². The molecule has 0 amide bonds. The van der Waals surface area contributed by atoms with Gasteiger partial charge in [-0.15, -0.1) is 0 Å². The molecule has 6 nitrogen and oxygen atoms in total. The Morgan fingerprint density at radius 3 is 2.74 bits per heavy atom. The topological polar surface area (TPSA) is 96.4 Å². The van der Waals surface area contributed by atoms with Crippen LogP contribution in [0.15, 0.2) is 24.3 Å². The van der Waals surface area contributed by atoms with E-state index in [0.717, 1.165) is 0 Å². The van der Waals surface area contributed by atoms with Gasteiger partial charge in [0.1, 0.15) is 0 Å². The van der Waals surface area contributed by atoms with Crippen LogP contribution in [0.1, 0.15) is 5.56 Å². The van der Waals surface area contributed by atoms with Crippen LogP contribution < -0.4 is 5.73 Å². The van der Waals surface area contributed by atoms with Crippen molar-refractivity contribution in [3.05, 3.63) is 29.8 Å². The number of morpholine rings is 1. The van der Waals surface area contributed by atoms with Crippen LogP contribution in [0, 0.1) is 11.3 Å². The summed E-state index contributed by atoms with van der Waals surface area (Å²) in [6, 6.07) is 8.65. The molecule has 1 unspecified atom stereocenters. The Balaban J connectivity index is 2.10. The number of nitrogens with zero attached hydrogens (tertiary/aromatic N) is 2. The van der Waals surface area contributed by atoms with E-state index >= 15 is 0 Å². The van der Waals surface area contributed by atoms with E-state index in [0.29, 0.717) is 11.3 Å². The number of nitriles is 1. The lowest BCUT2D eigenvalue weighted by Gasteiger charge is -2.28. The fourth-order valence-electron chi connectivity index (χ4n) is 1.87. The highest BCUT2D eigenvalue weighted by molar-refractivity contribution is 7.88. The normalized spacial score (nSPS) is 20.9. The van der Waals surface area contributed by atoms with Gasteiger partial charge in [-0.1, -0.05) is 12.1 Å². The molecule has 1 atom stereocenters. The smallest absolute Gasteiger partial charge is 0.218 e. The molecule has 0 spiro atoms. The fourth-order valence-corrected chi connectivity index (χ4v) is 3.38. The second-order valence-corrected chi connectivity index (χ2v) is 6.31. The van der Waals surface area contributed by atoms with Gasteiger partial charge in [-0.2, -0.15) is 9.57 Å². The van der Waals surface area contributed by atoms with Gasteiger partial charge >= 0.3 is 0 Å². The largest absolute Gasteiger partial charge is 0.399 e. The van der Waals surface area contributed by atoms with E-state index in [1.807, 2.05) is 6.07 Å². The maximum atomic E-state index is 12.2. The fraction of sp³-hybridized carbons (Fsp3) is 0.417. The molecule has 0 radical (unpaired) electrons. The Hall–Kier alpha value is -1.62. The van der Waals surface area contributed by atoms with Gasteiger partial charge in [0.25, 0.3) is 0 Å². The highest BCUT2D eigenvalue weighted by atomic mass is 32.2. The zero-order chi connectivity index (χ0) is 13.9. The molecular formula is C12H15N3O3S. The van der Waals surface area contributed by atoms with Gasteiger partial charge in [-0.3, -0.25) is 0 Å². The Kier molecular flexibility index (Phi) is 4.04. The van der Waals surface area contributed by atoms with Crippen LogP contribution in [-0.4, -0.2) is 38.5 Å². The van der Waals surface area contributed by atoms with Crippen LogP contribution in [0.4, 0.5) is 5.69 Å². The lowest BCUT2D eigenvalue weighted by molar-refractivity contribution is 0.0311. The third-order valence-corrected chi connectivity index (χ3v) is 4.71. The van der Waals surface area contributed by atoms with Gasteiger partial charge in [0.05, 0.1) is 25.0 Å². The molecule has 1 aliphatic rings. The zero-order valence-corrected chi connectivity index (χ0v) is 11.1. The van der Waals surface area contributed by atoms with E-state index in [2.05, 4.69) is 0 Å². The number of anilines is 1. The minimum Gasteiger partial charge on any atom is -0.399 e. The summed E-state index contributed by atoms with van der Waals surface area (Å²) in [5, 5.41) is 8.78. The van der Waals surface area contributed by atoms with Crippen LogP contribution >= 0.6 is 0 Å². The van der Waals surface area contributed by atoms with E-state index in [1.165, 1.54) is 4.31 Å². The van der Waals surface area contributed by atoms with Crippen molar-refractivity contribution in [2.75, 3.05) is 25.4 Å². The van der Waals surface area contributed by atoms with Crippen LogP contribution in [0.3, 0.4) is 0 Å². The first-order valence-electron chi connectivity index (χ1n) is 5.85. The first kappa shape index (κ1) is 13.8. The first-order valence-corrected chi connectivity index (χ1v) is 7.45. The minimum absolute atomic E-state index is 0.0911. The van der Waals surface area contributed by atoms with E-state index in [9.17, 15) is 8.42 Å². The lowest BCUT2D eigenvalue weighted by atomic mass is 10.2. The quantitative estimate of drug-likeness (QED) is 0.805. The molecule has 1 aromatic carbocycles. The summed E-state index contributed by atoms with van der Waals surface area (Å²) in [5.74, 6) is -0.0918. The SMILES string of the molecule is N#CC1CN(S(=O)(=O)Cc2ccc(N)cc2)CCO1. The second-order valence-electron chi connectivity index (χ2n) is 4.34. The number of benzene rings is 1. The number of hydrogen-bond acceptors (Lipinski definition) is 5. The molecule has 1 aromatic rings. The molecule has 0 bridgehead atoms. The van der Waals surface area contributed by atoms with Crippen LogP contribution in [0.5, 0.6) is 0 Å². The minimum atomic E-state index is -3.43. The average Bonchev–Trinajstić information content (AvgIpc) is 2.41. The molecule has 102 valence electrons. The maximum absolute atomic E-state index is 12.2. The predicted molar refractivity (Wildman–Crippen MR) is 70.4 cm³/mol. The van der Waals surface area contributed by atoms with E-state index in [1.54, 1.807) is 24.3 Å². The van der Waals surface area contributed by atoms with Crippen molar-refractivity contribution in [1.29, 1.82) is 5.26 Å². The standard InChI is InChI=1S/C12H15N3O3S/c13-7-12-8-15(5-6-18-12)19(16,17)9-10-1-3-11(14)4-2-10/h1-4,12H,5-6,8-9,14H2. The summed E-state index contributed by atoms with van der Waals surface area (Å²) >= 11 is 0. The number of nitrogens with two attached hydrogens (primary N) is 1. The predicted octanol–water partition coefficient (Wildman–Crippen LogP) is 0.323. The average molecular weight is 281 g/mol. The molecular weight excluding hydrogens is 266 g/mol. The summed E-state index contributed by atoms with van der Waals surface area (Å²) in [6.45, 7) is 0.627. The molecule has 1 aliphatic heterocycles. The summed E-state index contributed by atoms with van der Waals surface area (Å²) in [5.41, 5.74) is 6.83. The molecule has 0 saturated carbocycles. The molecule has 0 aromatic heterocycles. The molecule has 1 heterocycles. The summed E-state index contributed by atoms with van der Waals surface area (Å²) < 4.78 is 30.9. The van der Waals surface area contributed by atoms with Gasteiger partial charge in [0.2, 0.25) is 10.0 Å². The first-order chi connectivity index (χ1) is 9.01. The number of rotatable bonds is 3. The van der Waals surface area contributed by atoms with Gasteiger partial charge in [0, 0.05) is 12.2 Å². The lowest BCUT2D eigenvalue weighted by Crippen LogP contribution is -2.45. The number of nitrogen functional groups attached to an aromatic ring is 1.